The summed E-state index contributed by atoms with van der Waals surface area (Å²) in [5, 5.41) is 13.7. The van der Waals surface area contributed by atoms with Crippen LogP contribution in [0.25, 0.3) is 11.8 Å². The smallest absolute Gasteiger partial charge is 0.145 e. The van der Waals surface area contributed by atoms with E-state index in [2.05, 4.69) is 21.0 Å². The fourth-order valence-electron chi connectivity index (χ4n) is 1.56. The van der Waals surface area contributed by atoms with Gasteiger partial charge in [0.05, 0.1) is 11.9 Å². The summed E-state index contributed by atoms with van der Waals surface area (Å²) in [6.07, 6.45) is 5.50. The van der Waals surface area contributed by atoms with Crippen LogP contribution in [0.3, 0.4) is 0 Å². The van der Waals surface area contributed by atoms with Gasteiger partial charge in [0.15, 0.2) is 0 Å². The highest BCUT2D eigenvalue weighted by molar-refractivity contribution is 9.09. The van der Waals surface area contributed by atoms with E-state index in [4.69, 9.17) is 11.0 Å². The first-order valence-corrected chi connectivity index (χ1v) is 6.45. The minimum Gasteiger partial charge on any atom is -0.382 e. The SMILES string of the molecule is N#Cc1cnn(-c2ccc(C=CCBr)cc2)c1N. The van der Waals surface area contributed by atoms with Gasteiger partial charge in [-0.3, -0.25) is 0 Å². The molecular weight excluding hydrogens is 292 g/mol. The van der Waals surface area contributed by atoms with Crippen molar-refractivity contribution in [3.05, 3.63) is 47.7 Å². The fraction of sp³-hybridized carbons (Fsp3) is 0.0769. The van der Waals surface area contributed by atoms with E-state index in [9.17, 15) is 0 Å². The van der Waals surface area contributed by atoms with Crippen LogP contribution in [-0.4, -0.2) is 15.1 Å². The standard InChI is InChI=1S/C13H11BrN4/c14-7-1-2-10-3-5-12(6-4-10)18-13(16)11(8-15)9-17-18/h1-6,9H,7,16H2. The molecule has 2 rings (SSSR count). The molecule has 90 valence electrons. The van der Waals surface area contributed by atoms with Gasteiger partial charge in [0.1, 0.15) is 17.5 Å². The maximum absolute atomic E-state index is 8.82. The predicted octanol–water partition coefficient (Wildman–Crippen LogP) is 2.73. The molecule has 0 aliphatic rings. The highest BCUT2D eigenvalue weighted by Gasteiger charge is 2.07. The number of nitrogens with two attached hydrogens (primary N) is 1. The number of halogens is 1. The Morgan fingerprint density at radius 3 is 2.67 bits per heavy atom. The van der Waals surface area contributed by atoms with Crippen molar-refractivity contribution in [3.63, 3.8) is 0 Å². The van der Waals surface area contributed by atoms with E-state index in [0.717, 1.165) is 16.6 Å². The zero-order valence-corrected chi connectivity index (χ0v) is 11.1. The number of anilines is 1. The summed E-state index contributed by atoms with van der Waals surface area (Å²) in [6.45, 7) is 0. The number of aromatic nitrogens is 2. The molecule has 0 radical (unpaired) electrons. The third-order valence-electron chi connectivity index (χ3n) is 2.46. The second-order valence-electron chi connectivity index (χ2n) is 3.62. The molecule has 4 nitrogen and oxygen atoms in total. The van der Waals surface area contributed by atoms with Crippen LogP contribution in [0, 0.1) is 11.3 Å². The van der Waals surface area contributed by atoms with Crippen molar-refractivity contribution in [2.24, 2.45) is 0 Å². The number of nitrogen functional groups attached to an aromatic ring is 1. The lowest BCUT2D eigenvalue weighted by Gasteiger charge is -2.04. The van der Waals surface area contributed by atoms with Crippen LogP contribution in [0.5, 0.6) is 0 Å². The largest absolute Gasteiger partial charge is 0.382 e. The van der Waals surface area contributed by atoms with E-state index < -0.39 is 0 Å². The van der Waals surface area contributed by atoms with Crippen molar-refractivity contribution in [2.45, 2.75) is 0 Å². The van der Waals surface area contributed by atoms with Crippen LogP contribution >= 0.6 is 15.9 Å². The topological polar surface area (TPSA) is 67.6 Å². The Morgan fingerprint density at radius 1 is 1.39 bits per heavy atom. The number of nitrogens with zero attached hydrogens (tertiary/aromatic N) is 3. The number of nitriles is 1. The Bertz CT molecular complexity index is 605. The molecule has 18 heavy (non-hydrogen) atoms. The first-order valence-electron chi connectivity index (χ1n) is 5.33. The number of benzene rings is 1. The number of hydrogen-bond acceptors (Lipinski definition) is 3. The zero-order valence-electron chi connectivity index (χ0n) is 9.55. The van der Waals surface area contributed by atoms with Crippen molar-refractivity contribution < 1.29 is 0 Å². The molecule has 5 heteroatoms. The van der Waals surface area contributed by atoms with Crippen molar-refractivity contribution in [2.75, 3.05) is 11.1 Å². The third-order valence-corrected chi connectivity index (χ3v) is 2.84. The molecule has 1 aromatic heterocycles. The van der Waals surface area contributed by atoms with Gasteiger partial charge in [-0.15, -0.1) is 0 Å². The van der Waals surface area contributed by atoms with Crippen LogP contribution in [-0.2, 0) is 0 Å². The molecule has 0 fully saturated rings. The van der Waals surface area contributed by atoms with Crippen molar-refractivity contribution in [1.82, 2.24) is 9.78 Å². The highest BCUT2D eigenvalue weighted by Crippen LogP contribution is 2.17. The summed E-state index contributed by atoms with van der Waals surface area (Å²) in [7, 11) is 0. The molecule has 2 N–H and O–H groups in total. The van der Waals surface area contributed by atoms with E-state index in [1.807, 2.05) is 42.5 Å². The van der Waals surface area contributed by atoms with E-state index in [0.29, 0.717) is 11.4 Å². The van der Waals surface area contributed by atoms with E-state index >= 15 is 0 Å². The Morgan fingerprint density at radius 2 is 2.11 bits per heavy atom. The minimum atomic E-state index is 0.362. The van der Waals surface area contributed by atoms with E-state index in [1.54, 1.807) is 4.68 Å². The Kier molecular flexibility index (Phi) is 3.80. The molecule has 0 unspecified atom stereocenters. The van der Waals surface area contributed by atoms with Gasteiger partial charge in [0.25, 0.3) is 0 Å². The Hall–Kier alpha value is -2.06. The van der Waals surface area contributed by atoms with Crippen LogP contribution in [0.4, 0.5) is 5.82 Å². The average Bonchev–Trinajstić information content (AvgIpc) is 2.78. The van der Waals surface area contributed by atoms with Gasteiger partial charge in [-0.1, -0.05) is 40.2 Å². The van der Waals surface area contributed by atoms with Gasteiger partial charge in [-0.05, 0) is 17.7 Å². The monoisotopic (exact) mass is 302 g/mol. The van der Waals surface area contributed by atoms with Crippen molar-refractivity contribution >= 4 is 27.8 Å². The molecule has 0 bridgehead atoms. The van der Waals surface area contributed by atoms with Crippen LogP contribution < -0.4 is 5.73 Å². The Balaban J connectivity index is 2.32. The van der Waals surface area contributed by atoms with Crippen LogP contribution in [0.1, 0.15) is 11.1 Å². The predicted molar refractivity (Wildman–Crippen MR) is 75.5 cm³/mol. The molecule has 0 aliphatic heterocycles. The number of rotatable bonds is 3. The lowest BCUT2D eigenvalue weighted by molar-refractivity contribution is 0.891. The zero-order chi connectivity index (χ0) is 13.0. The molecular formula is C13H11BrN4. The van der Waals surface area contributed by atoms with Gasteiger partial charge < -0.3 is 5.73 Å². The van der Waals surface area contributed by atoms with Gasteiger partial charge in [0.2, 0.25) is 0 Å². The van der Waals surface area contributed by atoms with Crippen molar-refractivity contribution in [1.29, 1.82) is 5.26 Å². The minimum absolute atomic E-state index is 0.362. The quantitative estimate of drug-likeness (QED) is 0.887. The summed E-state index contributed by atoms with van der Waals surface area (Å²) in [4.78, 5) is 0. The number of allylic oxidation sites excluding steroid dienone is 1. The van der Waals surface area contributed by atoms with Crippen LogP contribution in [0.15, 0.2) is 36.5 Å². The maximum atomic E-state index is 8.82. The second-order valence-corrected chi connectivity index (χ2v) is 4.26. The normalized spacial score (nSPS) is 10.7. The molecule has 0 atom stereocenters. The van der Waals surface area contributed by atoms with Gasteiger partial charge >= 0.3 is 0 Å². The maximum Gasteiger partial charge on any atom is 0.145 e. The molecule has 1 aromatic carbocycles. The first kappa shape index (κ1) is 12.4. The fourth-order valence-corrected chi connectivity index (χ4v) is 1.74. The van der Waals surface area contributed by atoms with Gasteiger partial charge in [-0.25, -0.2) is 4.68 Å². The average molecular weight is 303 g/mol. The third kappa shape index (κ3) is 2.44. The van der Waals surface area contributed by atoms with E-state index in [1.165, 1.54) is 6.20 Å². The summed E-state index contributed by atoms with van der Waals surface area (Å²) >= 11 is 3.33. The van der Waals surface area contributed by atoms with Crippen LogP contribution in [0.2, 0.25) is 0 Å². The molecule has 0 saturated carbocycles. The summed E-state index contributed by atoms with van der Waals surface area (Å²) < 4.78 is 1.55. The van der Waals surface area contributed by atoms with Gasteiger partial charge in [0, 0.05) is 5.33 Å². The van der Waals surface area contributed by atoms with Crippen molar-refractivity contribution in [3.8, 4) is 11.8 Å². The molecule has 0 saturated heterocycles. The first-order chi connectivity index (χ1) is 8.76. The molecule has 0 aliphatic carbocycles. The molecule has 2 aromatic rings. The molecule has 0 amide bonds. The lowest BCUT2D eigenvalue weighted by atomic mass is 10.2. The van der Waals surface area contributed by atoms with Gasteiger partial charge in [-0.2, -0.15) is 10.4 Å². The van der Waals surface area contributed by atoms with E-state index in [-0.39, 0.29) is 0 Å². The molecule has 0 spiro atoms. The lowest BCUT2D eigenvalue weighted by Crippen LogP contribution is -2.02. The summed E-state index contributed by atoms with van der Waals surface area (Å²) in [5.41, 5.74) is 8.15. The summed E-state index contributed by atoms with van der Waals surface area (Å²) in [5.74, 6) is 0.362. The second kappa shape index (κ2) is 5.52. The summed E-state index contributed by atoms with van der Waals surface area (Å²) in [6, 6.07) is 9.78. The number of alkyl halides is 1. The Labute approximate surface area is 113 Å². The highest BCUT2D eigenvalue weighted by atomic mass is 79.9. The molecule has 1 heterocycles. The number of hydrogen-bond donors (Lipinski definition) is 1.